The maximum Gasteiger partial charge on any atom is 0.193 e. The molecular weight excluding hydrogens is 527 g/mol. The normalized spacial score (nSPS) is 22.6. The third kappa shape index (κ3) is 8.03. The molecule has 176 valence electrons. The lowest BCUT2D eigenvalue weighted by atomic mass is 10.0. The van der Waals surface area contributed by atoms with Crippen LogP contribution >= 0.6 is 35.6 Å². The van der Waals surface area contributed by atoms with Gasteiger partial charge in [0, 0.05) is 50.8 Å². The number of rotatable bonds is 7. The lowest BCUT2D eigenvalue weighted by Gasteiger charge is -2.42. The van der Waals surface area contributed by atoms with Crippen LogP contribution < -0.4 is 5.32 Å². The highest BCUT2D eigenvalue weighted by Crippen LogP contribution is 2.28. The van der Waals surface area contributed by atoms with E-state index in [-0.39, 0.29) is 35.6 Å². The molecule has 1 aromatic carbocycles. The van der Waals surface area contributed by atoms with Gasteiger partial charge in [-0.15, -0.1) is 24.0 Å². The summed E-state index contributed by atoms with van der Waals surface area (Å²) in [6, 6.07) is 8.37. The second-order valence-corrected chi connectivity index (χ2v) is 9.39. The highest BCUT2D eigenvalue weighted by Gasteiger charge is 2.32. The predicted octanol–water partition coefficient (Wildman–Crippen LogP) is 4.04. The fraction of sp³-hybridized carbons (Fsp3) is 0.696. The largest absolute Gasteiger partial charge is 0.381 e. The molecule has 0 bridgehead atoms. The summed E-state index contributed by atoms with van der Waals surface area (Å²) < 4.78 is 11.5. The van der Waals surface area contributed by atoms with Gasteiger partial charge in [-0.05, 0) is 44.9 Å². The molecule has 2 fully saturated rings. The maximum absolute atomic E-state index is 6.15. The third-order valence-corrected chi connectivity index (χ3v) is 6.07. The first-order chi connectivity index (χ1) is 14.4. The monoisotopic (exact) mass is 564 g/mol. The van der Waals surface area contributed by atoms with Gasteiger partial charge in [-0.3, -0.25) is 9.89 Å². The average Bonchev–Trinajstić information content (AvgIpc) is 3.21. The summed E-state index contributed by atoms with van der Waals surface area (Å²) in [4.78, 5) is 9.78. The summed E-state index contributed by atoms with van der Waals surface area (Å²) in [5.74, 6) is 1.53. The van der Waals surface area contributed by atoms with Crippen LogP contribution in [0.3, 0.4) is 0 Å². The second kappa shape index (κ2) is 12.6. The minimum atomic E-state index is -0.156. The van der Waals surface area contributed by atoms with Crippen LogP contribution in [0.4, 0.5) is 0 Å². The Morgan fingerprint density at radius 2 is 2.06 bits per heavy atom. The lowest BCUT2D eigenvalue weighted by Crippen LogP contribution is -2.50. The molecule has 8 heteroatoms. The summed E-state index contributed by atoms with van der Waals surface area (Å²) in [6.07, 6.45) is 1.13. The van der Waals surface area contributed by atoms with E-state index in [0.29, 0.717) is 12.5 Å². The van der Waals surface area contributed by atoms with E-state index >= 15 is 0 Å². The molecule has 2 heterocycles. The molecule has 1 N–H and O–H groups in total. The van der Waals surface area contributed by atoms with E-state index in [1.807, 2.05) is 12.1 Å². The molecular formula is C23H38ClIN4O2. The topological polar surface area (TPSA) is 49.3 Å². The number of hydrogen-bond acceptors (Lipinski definition) is 4. The van der Waals surface area contributed by atoms with Crippen molar-refractivity contribution in [3.05, 3.63) is 34.9 Å². The molecule has 0 amide bonds. The number of benzene rings is 1. The van der Waals surface area contributed by atoms with Gasteiger partial charge in [0.25, 0.3) is 0 Å². The van der Waals surface area contributed by atoms with Gasteiger partial charge in [0.1, 0.15) is 0 Å². The molecule has 0 spiro atoms. The molecule has 2 atom stereocenters. The van der Waals surface area contributed by atoms with E-state index in [4.69, 9.17) is 26.1 Å². The third-order valence-electron chi connectivity index (χ3n) is 5.82. The van der Waals surface area contributed by atoms with Crippen molar-refractivity contribution >= 4 is 41.5 Å². The summed E-state index contributed by atoms with van der Waals surface area (Å²) in [7, 11) is 2.12. The molecule has 0 aliphatic carbocycles. The van der Waals surface area contributed by atoms with Gasteiger partial charge in [-0.2, -0.15) is 0 Å². The van der Waals surface area contributed by atoms with Crippen molar-refractivity contribution < 1.29 is 9.47 Å². The van der Waals surface area contributed by atoms with Crippen LogP contribution in [0, 0.1) is 5.92 Å². The van der Waals surface area contributed by atoms with Crippen molar-refractivity contribution in [2.24, 2.45) is 10.9 Å². The fourth-order valence-electron chi connectivity index (χ4n) is 4.28. The summed E-state index contributed by atoms with van der Waals surface area (Å²) in [5, 5.41) is 4.22. The van der Waals surface area contributed by atoms with Crippen LogP contribution in [0.15, 0.2) is 29.3 Å². The van der Waals surface area contributed by atoms with Gasteiger partial charge >= 0.3 is 0 Å². The van der Waals surface area contributed by atoms with Crippen molar-refractivity contribution in [3.8, 4) is 0 Å². The maximum atomic E-state index is 6.15. The molecule has 1 aromatic rings. The smallest absolute Gasteiger partial charge is 0.193 e. The Balaban J connectivity index is 0.00000341. The zero-order valence-corrected chi connectivity index (χ0v) is 22.4. The minimum Gasteiger partial charge on any atom is -0.381 e. The van der Waals surface area contributed by atoms with E-state index < -0.39 is 0 Å². The molecule has 2 saturated heterocycles. The molecule has 31 heavy (non-hydrogen) atoms. The number of nitrogens with one attached hydrogen (secondary N) is 1. The fourth-order valence-corrected chi connectivity index (χ4v) is 4.41. The van der Waals surface area contributed by atoms with Crippen LogP contribution in [0.1, 0.15) is 38.8 Å². The summed E-state index contributed by atoms with van der Waals surface area (Å²) in [6.45, 7) is 13.2. The van der Waals surface area contributed by atoms with Gasteiger partial charge in [-0.1, -0.05) is 23.7 Å². The van der Waals surface area contributed by atoms with Gasteiger partial charge in [0.2, 0.25) is 0 Å². The SMILES string of the molecule is CCNC(=NCC(c1ccc(Cl)cc1)N1CCOC(C)(C)C1)N(C)CC1CCOC1.I. The van der Waals surface area contributed by atoms with Crippen LogP contribution in [0.25, 0.3) is 0 Å². The zero-order chi connectivity index (χ0) is 21.6. The van der Waals surface area contributed by atoms with Crippen LogP contribution in [-0.2, 0) is 9.47 Å². The van der Waals surface area contributed by atoms with E-state index in [0.717, 1.165) is 63.4 Å². The van der Waals surface area contributed by atoms with Crippen LogP contribution in [0.5, 0.6) is 0 Å². The molecule has 0 aromatic heterocycles. The van der Waals surface area contributed by atoms with Gasteiger partial charge in [0.05, 0.1) is 31.4 Å². The van der Waals surface area contributed by atoms with Crippen LogP contribution in [-0.4, -0.2) is 81.0 Å². The molecule has 3 rings (SSSR count). The van der Waals surface area contributed by atoms with Crippen molar-refractivity contribution in [3.63, 3.8) is 0 Å². The quantitative estimate of drug-likeness (QED) is 0.308. The van der Waals surface area contributed by atoms with E-state index in [9.17, 15) is 0 Å². The van der Waals surface area contributed by atoms with E-state index in [1.54, 1.807) is 0 Å². The highest BCUT2D eigenvalue weighted by molar-refractivity contribution is 14.0. The Kier molecular flexibility index (Phi) is 10.8. The summed E-state index contributed by atoms with van der Waals surface area (Å²) >= 11 is 6.15. The second-order valence-electron chi connectivity index (χ2n) is 8.95. The Hall–Kier alpha value is -0.610. The molecule has 0 saturated carbocycles. The first-order valence-corrected chi connectivity index (χ1v) is 11.5. The first kappa shape index (κ1) is 26.6. The molecule has 6 nitrogen and oxygen atoms in total. The molecule has 2 aliphatic heterocycles. The van der Waals surface area contributed by atoms with Gasteiger partial charge < -0.3 is 19.7 Å². The summed E-state index contributed by atoms with van der Waals surface area (Å²) in [5.41, 5.74) is 1.08. The Bertz CT molecular complexity index is 695. The Morgan fingerprint density at radius 3 is 2.68 bits per heavy atom. The number of guanidine groups is 1. The zero-order valence-electron chi connectivity index (χ0n) is 19.3. The molecule has 2 unspecified atom stereocenters. The van der Waals surface area contributed by atoms with Crippen LogP contribution in [0.2, 0.25) is 5.02 Å². The molecule has 0 radical (unpaired) electrons. The highest BCUT2D eigenvalue weighted by atomic mass is 127. The number of nitrogens with zero attached hydrogens (tertiary/aromatic N) is 3. The van der Waals surface area contributed by atoms with Crippen molar-refractivity contribution in [2.45, 2.75) is 38.8 Å². The van der Waals surface area contributed by atoms with E-state index in [1.165, 1.54) is 5.56 Å². The van der Waals surface area contributed by atoms with Crippen molar-refractivity contribution in [1.82, 2.24) is 15.1 Å². The van der Waals surface area contributed by atoms with Gasteiger partial charge in [-0.25, -0.2) is 0 Å². The van der Waals surface area contributed by atoms with Gasteiger partial charge in [0.15, 0.2) is 5.96 Å². The number of morpholine rings is 1. The standard InChI is InChI=1S/C23H37ClN4O2.HI/c1-5-25-22(27(4)15-18-10-12-29-16-18)26-14-21(19-6-8-20(24)9-7-19)28-11-13-30-23(2,3)17-28;/h6-9,18,21H,5,10-17H2,1-4H3,(H,25,26);1H. The number of hydrogen-bond donors (Lipinski definition) is 1. The Labute approximate surface area is 209 Å². The first-order valence-electron chi connectivity index (χ1n) is 11.1. The minimum absolute atomic E-state index is 0. The van der Waals surface area contributed by atoms with Crippen molar-refractivity contribution in [1.29, 1.82) is 0 Å². The van der Waals surface area contributed by atoms with E-state index in [2.05, 4.69) is 55.1 Å². The number of halogens is 2. The Morgan fingerprint density at radius 1 is 1.32 bits per heavy atom. The predicted molar refractivity (Wildman–Crippen MR) is 139 cm³/mol. The number of aliphatic imine (C=N–C) groups is 1. The number of ether oxygens (including phenoxy) is 2. The lowest BCUT2D eigenvalue weighted by molar-refractivity contribution is -0.0967. The average molecular weight is 565 g/mol. The molecule has 2 aliphatic rings. The van der Waals surface area contributed by atoms with Crippen molar-refractivity contribution in [2.75, 3.05) is 59.6 Å².